The largest absolute Gasteiger partial charge is 0.472 e. The third kappa shape index (κ3) is 15.1. The summed E-state index contributed by atoms with van der Waals surface area (Å²) in [6, 6.07) is 6.30. The summed E-state index contributed by atoms with van der Waals surface area (Å²) in [7, 11) is -10.4. The number of esters is 1. The fourth-order valence-electron chi connectivity index (χ4n) is 7.15. The first-order valence-electron chi connectivity index (χ1n) is 21.4. The van der Waals surface area contributed by atoms with E-state index in [2.05, 4.69) is 45.1 Å². The number of aromatic nitrogens is 6. The van der Waals surface area contributed by atoms with Crippen LogP contribution < -0.4 is 27.8 Å². The van der Waals surface area contributed by atoms with Gasteiger partial charge < -0.3 is 65.6 Å². The number of nitrogen functional groups attached to an aromatic ring is 2. The molecule has 1 aromatic carbocycles. The summed E-state index contributed by atoms with van der Waals surface area (Å²) in [4.78, 5) is 100. The summed E-state index contributed by atoms with van der Waals surface area (Å²) in [5.41, 5.74) is 19.4. The third-order valence-corrected chi connectivity index (χ3v) is 11.8. The molecule has 4 aromatic rings. The number of aliphatic hydroxyl groups excluding tert-OH is 1. The molecule has 2 fully saturated rings. The number of imidazole rings is 1. The van der Waals surface area contributed by atoms with Gasteiger partial charge in [0.25, 0.3) is 0 Å². The smallest absolute Gasteiger partial charge is 0.455 e. The molecule has 0 bridgehead atoms. The van der Waals surface area contributed by atoms with E-state index in [1.165, 1.54) is 23.2 Å². The Balaban J connectivity index is 1.16. The van der Waals surface area contributed by atoms with E-state index in [-0.39, 0.29) is 67.3 Å². The Morgan fingerprint density at radius 3 is 2.48 bits per heavy atom. The van der Waals surface area contributed by atoms with Crippen molar-refractivity contribution in [3.63, 3.8) is 0 Å². The zero-order valence-corrected chi connectivity index (χ0v) is 39.8. The second kappa shape index (κ2) is 23.3. The van der Waals surface area contributed by atoms with Crippen molar-refractivity contribution in [2.45, 2.75) is 108 Å². The number of nitrogens with two attached hydrogens (primary N) is 2. The van der Waals surface area contributed by atoms with Crippen LogP contribution in [0.4, 0.5) is 26.9 Å². The van der Waals surface area contributed by atoms with Gasteiger partial charge in [-0.3, -0.25) is 22.7 Å². The molecule has 3 unspecified atom stereocenters. The van der Waals surface area contributed by atoms with Crippen molar-refractivity contribution >= 4 is 62.3 Å². The van der Waals surface area contributed by atoms with Crippen molar-refractivity contribution in [3.05, 3.63) is 75.7 Å². The van der Waals surface area contributed by atoms with Crippen LogP contribution in [0.2, 0.25) is 0 Å². The van der Waals surface area contributed by atoms with Gasteiger partial charge in [0.1, 0.15) is 66.6 Å². The van der Waals surface area contributed by atoms with Crippen molar-refractivity contribution in [3.8, 4) is 0 Å². The molecule has 3 aromatic heterocycles. The molecular weight excluding hydrogens is 988 g/mol. The third-order valence-electron chi connectivity index (χ3n) is 10.3. The molecule has 2 aliphatic rings. The van der Waals surface area contributed by atoms with Gasteiger partial charge in [-0.1, -0.05) is 29.4 Å². The first kappa shape index (κ1) is 54.0. The molecule has 2 aliphatic heterocycles. The number of rotatable bonds is 21. The van der Waals surface area contributed by atoms with Crippen LogP contribution >= 0.6 is 15.6 Å². The number of anilines is 2. The predicted octanol–water partition coefficient (Wildman–Crippen LogP) is 2.25. The van der Waals surface area contributed by atoms with Gasteiger partial charge >= 0.3 is 39.5 Å². The first-order chi connectivity index (χ1) is 33.5. The highest BCUT2D eigenvalue weighted by Gasteiger charge is 2.50. The molecule has 9 atom stereocenters. The van der Waals surface area contributed by atoms with Gasteiger partial charge in [0, 0.05) is 29.8 Å². The van der Waals surface area contributed by atoms with Gasteiger partial charge in [0.05, 0.1) is 19.5 Å². The zero-order valence-electron chi connectivity index (χ0n) is 38.0. The van der Waals surface area contributed by atoms with Crippen molar-refractivity contribution in [2.24, 2.45) is 5.11 Å². The van der Waals surface area contributed by atoms with Gasteiger partial charge in [-0.25, -0.2) is 43.3 Å². The minimum Gasteiger partial charge on any atom is -0.455 e. The number of fused-ring (bicyclic) bond motifs is 1. The standard InChI is InChI=1S/C38H51N13O18P2/c1-38(2,3)68-37(56)46-22(10-6-7-12-42-36(55)62-15-20-8-4-5-9-21(20)48-49-41)34(53)67-30-25(66-33(29(30)52)51-19-45-28-31(40)43-18-44-32(28)51)17-64-71(60,61)69-23-14-27(50-13-11-26(39)47-35(50)54)65-24(23)16-63-70(57,58)59/h4-5,8-9,11,13,18-19,22-25,27,29-30,33,52H,6-7,10,12,14-17H2,1-3H3,(H,42,55)(H,46,56)(H,60,61)(H2,39,47,54)(H2,40,43,44)(H2,57,58,59)/t22-,23-,24+,25+,27?,29+,30+,33?/m0/s1. The monoisotopic (exact) mass is 1040 g/mol. The number of amides is 2. The summed E-state index contributed by atoms with van der Waals surface area (Å²) in [5, 5.41) is 20.4. The number of carbonyl (C=O) groups is 3. The van der Waals surface area contributed by atoms with Gasteiger partial charge in [-0.15, -0.1) is 0 Å². The number of benzene rings is 1. The summed E-state index contributed by atoms with van der Waals surface area (Å²) >= 11 is 0. The van der Waals surface area contributed by atoms with E-state index in [0.29, 0.717) is 5.56 Å². The van der Waals surface area contributed by atoms with E-state index >= 15 is 0 Å². The summed E-state index contributed by atoms with van der Waals surface area (Å²) in [6.45, 7) is 2.80. The number of ether oxygens (including phenoxy) is 5. The summed E-state index contributed by atoms with van der Waals surface area (Å²) in [6.07, 6.45) is -9.24. The van der Waals surface area contributed by atoms with E-state index in [9.17, 15) is 48.1 Å². The van der Waals surface area contributed by atoms with Gasteiger partial charge in [0.2, 0.25) is 0 Å². The average Bonchev–Trinajstić information content (AvgIpc) is 3.98. The first-order valence-corrected chi connectivity index (χ1v) is 24.4. The van der Waals surface area contributed by atoms with Crippen LogP contribution in [0.3, 0.4) is 0 Å². The number of hydrogen-bond acceptors (Lipinski definition) is 22. The molecule has 10 N–H and O–H groups in total. The number of phosphoric ester groups is 2. The maximum Gasteiger partial charge on any atom is 0.472 e. The lowest BCUT2D eigenvalue weighted by Gasteiger charge is -2.26. The molecule has 33 heteroatoms. The van der Waals surface area contributed by atoms with Crippen molar-refractivity contribution in [2.75, 3.05) is 31.2 Å². The molecule has 0 saturated carbocycles. The van der Waals surface area contributed by atoms with Gasteiger partial charge in [-0.05, 0) is 57.2 Å². The van der Waals surface area contributed by atoms with E-state index in [4.69, 9.17) is 49.7 Å². The molecule has 0 radical (unpaired) electrons. The summed E-state index contributed by atoms with van der Waals surface area (Å²) < 4.78 is 70.9. The highest BCUT2D eigenvalue weighted by molar-refractivity contribution is 7.47. The molecule has 71 heavy (non-hydrogen) atoms. The molecule has 2 amide bonds. The normalized spacial score (nSPS) is 22.5. The highest BCUT2D eigenvalue weighted by atomic mass is 31.2. The Labute approximate surface area is 401 Å². The number of phosphoric acid groups is 2. The number of unbranched alkanes of at least 4 members (excludes halogenated alkanes) is 1. The second-order valence-corrected chi connectivity index (χ2v) is 19.3. The number of nitrogens with one attached hydrogen (secondary N) is 2. The van der Waals surface area contributed by atoms with Gasteiger partial charge in [-0.2, -0.15) is 4.98 Å². The van der Waals surface area contributed by atoms with E-state index < -0.39 is 107 Å². The number of alkyl carbamates (subject to hydrolysis) is 2. The molecule has 5 heterocycles. The maximum absolute atomic E-state index is 14.1. The number of azide groups is 1. The van der Waals surface area contributed by atoms with Crippen molar-refractivity contribution < 1.29 is 80.6 Å². The molecule has 31 nitrogen and oxygen atoms in total. The van der Waals surface area contributed by atoms with Crippen LogP contribution in [-0.4, -0.2) is 129 Å². The minimum atomic E-state index is -5.29. The van der Waals surface area contributed by atoms with E-state index in [0.717, 1.165) is 10.9 Å². The van der Waals surface area contributed by atoms with E-state index in [1.54, 1.807) is 45.0 Å². The number of hydrogen-bond donors (Lipinski definition) is 8. The Morgan fingerprint density at radius 1 is 1.01 bits per heavy atom. The molecular formula is C38H51N13O18P2. The van der Waals surface area contributed by atoms with E-state index in [1.807, 2.05) is 0 Å². The van der Waals surface area contributed by atoms with Gasteiger partial charge in [0.15, 0.2) is 23.8 Å². The summed E-state index contributed by atoms with van der Waals surface area (Å²) in [5.74, 6) is -1.28. The van der Waals surface area contributed by atoms with Crippen molar-refractivity contribution in [1.82, 2.24) is 39.7 Å². The van der Waals surface area contributed by atoms with Crippen molar-refractivity contribution in [1.29, 1.82) is 0 Å². The number of carbonyl (C=O) groups excluding carboxylic acids is 3. The fraction of sp³-hybridized carbons (Fsp3) is 0.526. The second-order valence-electron chi connectivity index (χ2n) is 16.7. The predicted molar refractivity (Wildman–Crippen MR) is 240 cm³/mol. The van der Waals surface area contributed by atoms with Crippen LogP contribution in [0.1, 0.15) is 64.5 Å². The van der Waals surface area contributed by atoms with Crippen LogP contribution in [0.5, 0.6) is 0 Å². The lowest BCUT2D eigenvalue weighted by molar-refractivity contribution is -0.159. The van der Waals surface area contributed by atoms with Crippen LogP contribution in [0, 0.1) is 0 Å². The molecule has 386 valence electrons. The Hall–Kier alpha value is -6.33. The SMILES string of the molecule is CC(C)(C)OC(=O)N[C@@H](CCCCNC(=O)OCc1ccccc1N=[N+]=[N-])C(=O)O[C@@H]1[C@@H](COP(=O)(O)O[C@H]2CC(n3ccc(N)nc3=O)O[C@@H]2COP(=O)(O)O)OC(n2cnc3c(N)ncnc32)[C@@H]1O. The Bertz CT molecular complexity index is 2750. The minimum absolute atomic E-state index is 0.0289. The lowest BCUT2D eigenvalue weighted by atomic mass is 10.1. The van der Waals surface area contributed by atoms with Crippen LogP contribution in [-0.2, 0) is 57.8 Å². The lowest BCUT2D eigenvalue weighted by Crippen LogP contribution is -2.47. The topological polar surface area (TPSA) is 443 Å². The zero-order chi connectivity index (χ0) is 51.7. The average molecular weight is 1040 g/mol. The number of aliphatic hydroxyl groups is 1. The molecule has 6 rings (SSSR count). The highest BCUT2D eigenvalue weighted by Crippen LogP contribution is 2.50. The number of nitrogens with zero attached hydrogens (tertiary/aromatic N) is 9. The molecule has 0 spiro atoms. The Kier molecular flexibility index (Phi) is 17.7. The van der Waals surface area contributed by atoms with Crippen LogP contribution in [0.25, 0.3) is 21.6 Å². The Morgan fingerprint density at radius 2 is 1.76 bits per heavy atom. The molecule has 2 saturated heterocycles. The quantitative estimate of drug-likeness (QED) is 0.0113. The van der Waals surface area contributed by atoms with Crippen LogP contribution in [0.15, 0.2) is 59.1 Å². The molecule has 0 aliphatic carbocycles. The fourth-order valence-corrected chi connectivity index (χ4v) is 8.46. The maximum atomic E-state index is 14.1.